The molecule has 0 saturated carbocycles. The highest BCUT2D eigenvalue weighted by molar-refractivity contribution is 6.30. The van der Waals surface area contributed by atoms with Gasteiger partial charge in [-0.2, -0.15) is 0 Å². The summed E-state index contributed by atoms with van der Waals surface area (Å²) in [6.07, 6.45) is 0. The number of hydrogen-bond donors (Lipinski definition) is 2. The van der Waals surface area contributed by atoms with Crippen molar-refractivity contribution in [3.63, 3.8) is 0 Å². The van der Waals surface area contributed by atoms with Crippen molar-refractivity contribution in [1.29, 1.82) is 0 Å². The number of benzene rings is 2. The topological polar surface area (TPSA) is 64.4 Å². The van der Waals surface area contributed by atoms with Gasteiger partial charge in [-0.3, -0.25) is 4.79 Å². The number of ether oxygens (including phenoxy) is 1. The number of rotatable bonds is 2. The van der Waals surface area contributed by atoms with Crippen LogP contribution in [0.5, 0.6) is 5.75 Å². The average molecular weight is 303 g/mol. The number of carbonyl (C=O) groups excluding carboxylic acids is 1. The third-order valence-corrected chi connectivity index (χ3v) is 3.70. The Kier molecular flexibility index (Phi) is 3.82. The zero-order chi connectivity index (χ0) is 14.8. The van der Waals surface area contributed by atoms with Gasteiger partial charge in [-0.05, 0) is 35.4 Å². The van der Waals surface area contributed by atoms with Crippen molar-refractivity contribution in [2.45, 2.75) is 6.04 Å². The molecule has 1 heterocycles. The lowest BCUT2D eigenvalue weighted by molar-refractivity contribution is 0.0957. The van der Waals surface area contributed by atoms with Crippen LogP contribution in [0.1, 0.15) is 27.5 Å². The molecule has 2 aromatic rings. The van der Waals surface area contributed by atoms with Crippen molar-refractivity contribution < 1.29 is 9.53 Å². The first-order chi connectivity index (χ1) is 10.1. The lowest BCUT2D eigenvalue weighted by Crippen LogP contribution is -2.24. The molecule has 0 spiro atoms. The van der Waals surface area contributed by atoms with Crippen LogP contribution < -0.4 is 15.8 Å². The standard InChI is InChI=1S/C16H15ClN2O2/c17-12-3-1-2-10(8-12)15(18)11-4-5-14-13(9-11)16(20)19-6-7-21-14/h1-5,8-9,15H,6-7,18H2,(H,19,20). The molecule has 0 aromatic heterocycles. The van der Waals surface area contributed by atoms with Gasteiger partial charge in [0.15, 0.2) is 0 Å². The van der Waals surface area contributed by atoms with Crippen molar-refractivity contribution >= 4 is 17.5 Å². The second-order valence-electron chi connectivity index (χ2n) is 4.89. The Morgan fingerprint density at radius 2 is 2.00 bits per heavy atom. The van der Waals surface area contributed by atoms with Gasteiger partial charge in [0.25, 0.3) is 5.91 Å². The quantitative estimate of drug-likeness (QED) is 0.896. The first-order valence-corrected chi connectivity index (χ1v) is 7.09. The first kappa shape index (κ1) is 13.9. The van der Waals surface area contributed by atoms with Crippen LogP contribution in [0.2, 0.25) is 5.02 Å². The van der Waals surface area contributed by atoms with Crippen LogP contribution in [0.25, 0.3) is 0 Å². The monoisotopic (exact) mass is 302 g/mol. The number of hydrogen-bond acceptors (Lipinski definition) is 3. The van der Waals surface area contributed by atoms with E-state index in [0.29, 0.717) is 29.5 Å². The summed E-state index contributed by atoms with van der Waals surface area (Å²) in [6.45, 7) is 0.974. The minimum Gasteiger partial charge on any atom is -0.491 e. The van der Waals surface area contributed by atoms with Gasteiger partial charge < -0.3 is 15.8 Å². The van der Waals surface area contributed by atoms with Crippen molar-refractivity contribution in [1.82, 2.24) is 5.32 Å². The van der Waals surface area contributed by atoms with Gasteiger partial charge in [0.1, 0.15) is 12.4 Å². The van der Waals surface area contributed by atoms with E-state index >= 15 is 0 Å². The Labute approximate surface area is 127 Å². The Morgan fingerprint density at radius 3 is 2.81 bits per heavy atom. The number of nitrogens with one attached hydrogen (secondary N) is 1. The molecule has 1 aliphatic rings. The summed E-state index contributed by atoms with van der Waals surface area (Å²) in [4.78, 5) is 12.0. The lowest BCUT2D eigenvalue weighted by atomic mass is 9.97. The van der Waals surface area contributed by atoms with Gasteiger partial charge in [-0.25, -0.2) is 0 Å². The molecule has 3 N–H and O–H groups in total. The number of halogens is 1. The van der Waals surface area contributed by atoms with Crippen molar-refractivity contribution in [2.24, 2.45) is 5.73 Å². The number of carbonyl (C=O) groups is 1. The summed E-state index contributed by atoms with van der Waals surface area (Å²) in [5.41, 5.74) is 8.53. The molecule has 0 saturated heterocycles. The van der Waals surface area contributed by atoms with Crippen LogP contribution >= 0.6 is 11.6 Å². The van der Waals surface area contributed by atoms with E-state index in [1.54, 1.807) is 18.2 Å². The molecule has 2 aromatic carbocycles. The van der Waals surface area contributed by atoms with Crippen LogP contribution in [0.4, 0.5) is 0 Å². The second-order valence-corrected chi connectivity index (χ2v) is 5.33. The minimum absolute atomic E-state index is 0.136. The molecule has 21 heavy (non-hydrogen) atoms. The Morgan fingerprint density at radius 1 is 1.19 bits per heavy atom. The minimum atomic E-state index is -0.343. The molecule has 1 atom stereocenters. The van der Waals surface area contributed by atoms with E-state index in [1.165, 1.54) is 0 Å². The summed E-state index contributed by atoms with van der Waals surface area (Å²) < 4.78 is 5.53. The zero-order valence-corrected chi connectivity index (χ0v) is 12.1. The lowest BCUT2D eigenvalue weighted by Gasteiger charge is -2.15. The van der Waals surface area contributed by atoms with Crippen LogP contribution in [0, 0.1) is 0 Å². The largest absolute Gasteiger partial charge is 0.491 e. The van der Waals surface area contributed by atoms with Gasteiger partial charge in [0.05, 0.1) is 18.2 Å². The van der Waals surface area contributed by atoms with Gasteiger partial charge in [-0.1, -0.05) is 29.8 Å². The Hall–Kier alpha value is -2.04. The van der Waals surface area contributed by atoms with E-state index in [2.05, 4.69) is 5.32 Å². The third-order valence-electron chi connectivity index (χ3n) is 3.46. The second kappa shape index (κ2) is 5.76. The highest BCUT2D eigenvalue weighted by Gasteiger charge is 2.19. The summed E-state index contributed by atoms with van der Waals surface area (Å²) >= 11 is 6.00. The predicted octanol–water partition coefficient (Wildman–Crippen LogP) is 2.51. The molecule has 4 nitrogen and oxygen atoms in total. The molecule has 108 valence electrons. The first-order valence-electron chi connectivity index (χ1n) is 6.71. The summed E-state index contributed by atoms with van der Waals surface area (Å²) in [6, 6.07) is 12.5. The van der Waals surface area contributed by atoms with Gasteiger partial charge in [0, 0.05) is 5.02 Å². The number of nitrogens with two attached hydrogens (primary N) is 1. The van der Waals surface area contributed by atoms with Gasteiger partial charge in [-0.15, -0.1) is 0 Å². The van der Waals surface area contributed by atoms with Crippen molar-refractivity contribution in [3.8, 4) is 5.75 Å². The molecule has 0 radical (unpaired) electrons. The number of fused-ring (bicyclic) bond motifs is 1. The smallest absolute Gasteiger partial charge is 0.255 e. The zero-order valence-electron chi connectivity index (χ0n) is 11.3. The molecule has 5 heteroatoms. The van der Waals surface area contributed by atoms with Crippen LogP contribution in [-0.2, 0) is 0 Å². The highest BCUT2D eigenvalue weighted by atomic mass is 35.5. The average Bonchev–Trinajstić information content (AvgIpc) is 2.68. The SMILES string of the molecule is NC(c1cccc(Cl)c1)c1ccc2c(c1)C(=O)NCCO2. The molecular weight excluding hydrogens is 288 g/mol. The van der Waals surface area contributed by atoms with E-state index < -0.39 is 0 Å². The molecule has 1 aliphatic heterocycles. The third kappa shape index (κ3) is 2.86. The van der Waals surface area contributed by atoms with Crippen LogP contribution in [0.15, 0.2) is 42.5 Å². The Bertz CT molecular complexity index is 688. The maximum Gasteiger partial charge on any atom is 0.255 e. The Balaban J connectivity index is 1.98. The summed E-state index contributed by atoms with van der Waals surface area (Å²) in [7, 11) is 0. The maximum atomic E-state index is 12.0. The highest BCUT2D eigenvalue weighted by Crippen LogP contribution is 2.27. The molecule has 0 bridgehead atoms. The fourth-order valence-electron chi connectivity index (χ4n) is 2.36. The van der Waals surface area contributed by atoms with E-state index in [4.69, 9.17) is 22.1 Å². The predicted molar refractivity (Wildman–Crippen MR) is 81.8 cm³/mol. The number of amides is 1. The van der Waals surface area contributed by atoms with E-state index in [1.807, 2.05) is 24.3 Å². The molecule has 0 aliphatic carbocycles. The maximum absolute atomic E-state index is 12.0. The molecule has 3 rings (SSSR count). The fraction of sp³-hybridized carbons (Fsp3) is 0.188. The fourth-order valence-corrected chi connectivity index (χ4v) is 2.56. The van der Waals surface area contributed by atoms with Crippen LogP contribution in [-0.4, -0.2) is 19.1 Å². The molecule has 0 fully saturated rings. The normalized spacial score (nSPS) is 15.4. The molecule has 1 amide bonds. The van der Waals surface area contributed by atoms with Crippen LogP contribution in [0.3, 0.4) is 0 Å². The molecular formula is C16H15ClN2O2. The van der Waals surface area contributed by atoms with Crippen molar-refractivity contribution in [3.05, 3.63) is 64.2 Å². The van der Waals surface area contributed by atoms with E-state index in [0.717, 1.165) is 11.1 Å². The molecule has 1 unspecified atom stereocenters. The summed E-state index contributed by atoms with van der Waals surface area (Å²) in [5.74, 6) is 0.453. The van der Waals surface area contributed by atoms with E-state index in [-0.39, 0.29) is 11.9 Å². The van der Waals surface area contributed by atoms with E-state index in [9.17, 15) is 4.79 Å². The van der Waals surface area contributed by atoms with Gasteiger partial charge in [0.2, 0.25) is 0 Å². The summed E-state index contributed by atoms with van der Waals surface area (Å²) in [5, 5.41) is 3.43. The van der Waals surface area contributed by atoms with Crippen molar-refractivity contribution in [2.75, 3.05) is 13.2 Å². The van der Waals surface area contributed by atoms with Gasteiger partial charge >= 0.3 is 0 Å².